The highest BCUT2D eigenvalue weighted by Crippen LogP contribution is 2.43. The third-order valence-corrected chi connectivity index (χ3v) is 7.99. The Balaban J connectivity index is 1.45. The van der Waals surface area contributed by atoms with Crippen molar-refractivity contribution in [2.45, 2.75) is 63.1 Å². The summed E-state index contributed by atoms with van der Waals surface area (Å²) in [6, 6.07) is 15.5. The van der Waals surface area contributed by atoms with Crippen molar-refractivity contribution in [1.82, 2.24) is 14.8 Å². The van der Waals surface area contributed by atoms with E-state index in [4.69, 9.17) is 4.74 Å². The second-order valence-corrected chi connectivity index (χ2v) is 9.87. The maximum atomic E-state index is 14.0. The molecule has 1 unspecified atom stereocenters. The Hall–Kier alpha value is -3.28. The minimum absolute atomic E-state index is 0.0407. The van der Waals surface area contributed by atoms with Crippen molar-refractivity contribution in [3.8, 4) is 5.75 Å². The monoisotopic (exact) mass is 457 g/mol. The van der Waals surface area contributed by atoms with Gasteiger partial charge in [0.05, 0.1) is 13.2 Å². The number of benzene rings is 2. The summed E-state index contributed by atoms with van der Waals surface area (Å²) in [5.74, 6) is 0.925. The zero-order valence-corrected chi connectivity index (χ0v) is 19.6. The van der Waals surface area contributed by atoms with Crippen LogP contribution in [-0.4, -0.2) is 52.3 Å². The number of rotatable bonds is 3. The summed E-state index contributed by atoms with van der Waals surface area (Å²) >= 11 is 0. The summed E-state index contributed by atoms with van der Waals surface area (Å²) in [6.45, 7) is 0.183. The van der Waals surface area contributed by atoms with Crippen LogP contribution in [0.1, 0.15) is 61.4 Å². The van der Waals surface area contributed by atoms with Gasteiger partial charge in [0.2, 0.25) is 11.8 Å². The Kier molecular flexibility index (Phi) is 5.31. The van der Waals surface area contributed by atoms with Crippen LogP contribution >= 0.6 is 0 Å². The molecule has 2 aliphatic heterocycles. The van der Waals surface area contributed by atoms with Crippen LogP contribution in [0.4, 0.5) is 0 Å². The highest BCUT2D eigenvalue weighted by atomic mass is 16.5. The van der Waals surface area contributed by atoms with Gasteiger partial charge < -0.3 is 19.5 Å². The first-order valence-corrected chi connectivity index (χ1v) is 12.5. The number of methoxy groups -OCH3 is 1. The van der Waals surface area contributed by atoms with E-state index in [0.29, 0.717) is 6.42 Å². The molecule has 2 fully saturated rings. The van der Waals surface area contributed by atoms with Gasteiger partial charge in [-0.05, 0) is 42.2 Å². The van der Waals surface area contributed by atoms with Crippen molar-refractivity contribution in [3.05, 3.63) is 65.4 Å². The SMILES string of the molecule is COc1ccc(C2c3[nH]c4ccccc4c3C[C@H]3C(=O)N(C4CCCCCC4)CC(=O)N23)cc1. The maximum absolute atomic E-state index is 14.0. The summed E-state index contributed by atoms with van der Waals surface area (Å²) in [7, 11) is 1.65. The summed E-state index contributed by atoms with van der Waals surface area (Å²) in [4.78, 5) is 35.1. The number of hydrogen-bond acceptors (Lipinski definition) is 3. The van der Waals surface area contributed by atoms with E-state index in [-0.39, 0.29) is 30.4 Å². The lowest BCUT2D eigenvalue weighted by Crippen LogP contribution is -2.64. The number of aromatic amines is 1. The molecule has 176 valence electrons. The van der Waals surface area contributed by atoms with Gasteiger partial charge in [-0.3, -0.25) is 9.59 Å². The first kappa shape index (κ1) is 21.3. The van der Waals surface area contributed by atoms with Crippen LogP contribution in [0.3, 0.4) is 0 Å². The molecule has 1 saturated carbocycles. The highest BCUT2D eigenvalue weighted by molar-refractivity contribution is 5.97. The van der Waals surface area contributed by atoms with Crippen molar-refractivity contribution >= 4 is 22.7 Å². The molecule has 3 aromatic rings. The van der Waals surface area contributed by atoms with Crippen LogP contribution in [0.25, 0.3) is 10.9 Å². The molecule has 6 heteroatoms. The zero-order chi connectivity index (χ0) is 23.2. The molecule has 1 N–H and O–H groups in total. The molecular formula is C28H31N3O3. The van der Waals surface area contributed by atoms with E-state index >= 15 is 0 Å². The number of carbonyl (C=O) groups excluding carboxylic acids is 2. The fourth-order valence-electron chi connectivity index (χ4n) is 6.30. The van der Waals surface area contributed by atoms with Crippen molar-refractivity contribution in [3.63, 3.8) is 0 Å². The molecule has 6 rings (SSSR count). The van der Waals surface area contributed by atoms with Gasteiger partial charge >= 0.3 is 0 Å². The quantitative estimate of drug-likeness (QED) is 0.586. The van der Waals surface area contributed by atoms with Gasteiger partial charge in [0.1, 0.15) is 18.3 Å². The maximum Gasteiger partial charge on any atom is 0.246 e. The van der Waals surface area contributed by atoms with Gasteiger partial charge in [-0.2, -0.15) is 0 Å². The number of nitrogens with zero attached hydrogens (tertiary/aromatic N) is 2. The normalized spacial score (nSPS) is 23.6. The van der Waals surface area contributed by atoms with E-state index < -0.39 is 6.04 Å². The standard InChI is InChI=1S/C28H31N3O3/c1-34-20-14-12-18(13-15-20)27-26-22(21-10-6-7-11-23(21)29-26)16-24-28(33)30(17-25(32)31(24)27)19-8-4-2-3-5-9-19/h6-7,10-15,19,24,27,29H,2-5,8-9,16-17H2,1H3/t24-,27?/m0/s1. The number of nitrogens with one attached hydrogen (secondary N) is 1. The van der Waals surface area contributed by atoms with Crippen molar-refractivity contribution < 1.29 is 14.3 Å². The molecule has 1 aliphatic carbocycles. The molecule has 0 bridgehead atoms. The van der Waals surface area contributed by atoms with Crippen LogP contribution in [0.5, 0.6) is 5.75 Å². The molecule has 2 aromatic carbocycles. The molecule has 0 spiro atoms. The molecule has 1 saturated heterocycles. The van der Waals surface area contributed by atoms with Crippen LogP contribution in [0, 0.1) is 0 Å². The summed E-state index contributed by atoms with van der Waals surface area (Å²) in [5.41, 5.74) is 4.21. The van der Waals surface area contributed by atoms with Gasteiger partial charge in [-0.25, -0.2) is 0 Å². The average Bonchev–Trinajstić information content (AvgIpc) is 3.03. The Labute approximate surface area is 199 Å². The lowest BCUT2D eigenvalue weighted by atomic mass is 9.85. The second-order valence-electron chi connectivity index (χ2n) is 9.87. The van der Waals surface area contributed by atoms with E-state index in [2.05, 4.69) is 17.1 Å². The Morgan fingerprint density at radius 1 is 0.941 bits per heavy atom. The van der Waals surface area contributed by atoms with Gasteiger partial charge in [0, 0.05) is 29.1 Å². The van der Waals surface area contributed by atoms with Crippen molar-refractivity contribution in [1.29, 1.82) is 0 Å². The number of aromatic nitrogens is 1. The lowest BCUT2D eigenvalue weighted by Gasteiger charge is -2.48. The zero-order valence-electron chi connectivity index (χ0n) is 19.6. The number of para-hydroxylation sites is 1. The lowest BCUT2D eigenvalue weighted by molar-refractivity contribution is -0.161. The second kappa shape index (κ2) is 8.49. The molecule has 2 atom stereocenters. The molecule has 34 heavy (non-hydrogen) atoms. The number of fused-ring (bicyclic) bond motifs is 4. The summed E-state index contributed by atoms with van der Waals surface area (Å²) < 4.78 is 5.36. The van der Waals surface area contributed by atoms with Gasteiger partial charge in [0.15, 0.2) is 0 Å². The molecule has 6 nitrogen and oxygen atoms in total. The van der Waals surface area contributed by atoms with E-state index in [0.717, 1.165) is 59.2 Å². The molecule has 3 heterocycles. The Morgan fingerprint density at radius 3 is 2.41 bits per heavy atom. The number of H-pyrrole nitrogens is 1. The van der Waals surface area contributed by atoms with Crippen LogP contribution in [-0.2, 0) is 16.0 Å². The van der Waals surface area contributed by atoms with Gasteiger partial charge in [0.25, 0.3) is 0 Å². The Morgan fingerprint density at radius 2 is 1.68 bits per heavy atom. The minimum Gasteiger partial charge on any atom is -0.497 e. The molecule has 1 aromatic heterocycles. The fraction of sp³-hybridized carbons (Fsp3) is 0.429. The summed E-state index contributed by atoms with van der Waals surface area (Å²) in [5, 5.41) is 1.14. The van der Waals surface area contributed by atoms with Crippen LogP contribution in [0.2, 0.25) is 0 Å². The number of amides is 2. The number of ether oxygens (including phenoxy) is 1. The van der Waals surface area contributed by atoms with E-state index in [1.165, 1.54) is 12.8 Å². The topological polar surface area (TPSA) is 65.6 Å². The Bertz CT molecular complexity index is 1220. The number of hydrogen-bond donors (Lipinski definition) is 1. The van der Waals surface area contributed by atoms with E-state index in [1.54, 1.807) is 7.11 Å². The molecule has 0 radical (unpaired) electrons. The third-order valence-electron chi connectivity index (χ3n) is 7.99. The first-order valence-electron chi connectivity index (χ1n) is 12.5. The third kappa shape index (κ3) is 3.39. The van der Waals surface area contributed by atoms with Gasteiger partial charge in [-0.15, -0.1) is 0 Å². The van der Waals surface area contributed by atoms with Gasteiger partial charge in [-0.1, -0.05) is 56.0 Å². The number of piperazine rings is 1. The number of carbonyl (C=O) groups is 2. The highest BCUT2D eigenvalue weighted by Gasteiger charge is 2.49. The largest absolute Gasteiger partial charge is 0.497 e. The van der Waals surface area contributed by atoms with Crippen LogP contribution < -0.4 is 4.74 Å². The molecule has 3 aliphatic rings. The molecule has 2 amide bonds. The van der Waals surface area contributed by atoms with E-state index in [1.807, 2.05) is 46.2 Å². The predicted octanol–water partition coefficient (Wildman–Crippen LogP) is 4.58. The predicted molar refractivity (Wildman–Crippen MR) is 131 cm³/mol. The van der Waals surface area contributed by atoms with Crippen LogP contribution in [0.15, 0.2) is 48.5 Å². The molecular weight excluding hydrogens is 426 g/mol. The fourth-order valence-corrected chi connectivity index (χ4v) is 6.30. The average molecular weight is 458 g/mol. The smallest absolute Gasteiger partial charge is 0.246 e. The first-order chi connectivity index (χ1) is 16.7. The minimum atomic E-state index is -0.469. The van der Waals surface area contributed by atoms with Crippen molar-refractivity contribution in [2.24, 2.45) is 0 Å². The van der Waals surface area contributed by atoms with Crippen molar-refractivity contribution in [2.75, 3.05) is 13.7 Å². The van der Waals surface area contributed by atoms with E-state index in [9.17, 15) is 9.59 Å². The summed E-state index contributed by atoms with van der Waals surface area (Å²) in [6.07, 6.45) is 7.29.